The normalized spacial score (nSPS) is 22.8. The van der Waals surface area contributed by atoms with E-state index in [9.17, 15) is 17.6 Å². The highest BCUT2D eigenvalue weighted by molar-refractivity contribution is 7.91. The quantitative estimate of drug-likeness (QED) is 0.376. The Bertz CT molecular complexity index is 1470. The van der Waals surface area contributed by atoms with Crippen LogP contribution in [0.15, 0.2) is 17.3 Å². The number of carbonyl (C=O) groups excluding carboxylic acids is 1. The van der Waals surface area contributed by atoms with Crippen molar-refractivity contribution in [3.05, 3.63) is 27.7 Å². The van der Waals surface area contributed by atoms with Gasteiger partial charge in [-0.15, -0.1) is 26.6 Å². The molecule has 3 aliphatic rings. The summed E-state index contributed by atoms with van der Waals surface area (Å²) in [6.07, 6.45) is 5.58. The van der Waals surface area contributed by atoms with Crippen molar-refractivity contribution in [3.8, 4) is 5.88 Å². The maximum Gasteiger partial charge on any atom is 0.234 e. The molecule has 0 aliphatic heterocycles. The van der Waals surface area contributed by atoms with Crippen molar-refractivity contribution in [2.45, 2.75) is 68.5 Å². The molecule has 3 atom stereocenters. The SMILES string of the molecule is COc1cc(Nc2nncn2[C@H]2CCc3sc(CC(=O)[C@H]4C[C@@H]4F)c(S(=O)(=O)CCC4CC4)c3C2)n(C)n1. The summed E-state index contributed by atoms with van der Waals surface area (Å²) in [5.74, 6) is 1.46. The molecule has 0 spiro atoms. The highest BCUT2D eigenvalue weighted by Gasteiger charge is 2.44. The Morgan fingerprint density at radius 3 is 2.79 bits per heavy atom. The molecule has 0 amide bonds. The van der Waals surface area contributed by atoms with Gasteiger partial charge in [0.2, 0.25) is 11.8 Å². The van der Waals surface area contributed by atoms with Crippen LogP contribution in [0.1, 0.15) is 53.5 Å². The molecule has 0 aromatic carbocycles. The zero-order chi connectivity index (χ0) is 26.6. The van der Waals surface area contributed by atoms with Crippen LogP contribution in [0.3, 0.4) is 0 Å². The Morgan fingerprint density at radius 1 is 1.32 bits per heavy atom. The predicted octanol–water partition coefficient (Wildman–Crippen LogP) is 3.60. The third kappa shape index (κ3) is 4.97. The van der Waals surface area contributed by atoms with Crippen LogP contribution in [0.4, 0.5) is 16.2 Å². The average molecular weight is 563 g/mol. The number of nitrogens with zero attached hydrogens (tertiary/aromatic N) is 5. The zero-order valence-corrected chi connectivity index (χ0v) is 23.0. The number of aromatic nitrogens is 5. The second-order valence-electron chi connectivity index (χ2n) is 10.6. The third-order valence-corrected chi connectivity index (χ3v) is 11.1. The molecule has 2 saturated carbocycles. The number of fused-ring (bicyclic) bond motifs is 1. The van der Waals surface area contributed by atoms with Crippen molar-refractivity contribution < 1.29 is 22.3 Å². The van der Waals surface area contributed by atoms with Gasteiger partial charge in [-0.2, -0.15) is 0 Å². The summed E-state index contributed by atoms with van der Waals surface area (Å²) in [5.41, 5.74) is 0.805. The fourth-order valence-electron chi connectivity index (χ4n) is 5.30. The number of nitrogens with one attached hydrogen (secondary N) is 1. The number of ketones is 1. The lowest BCUT2D eigenvalue weighted by molar-refractivity contribution is -0.119. The summed E-state index contributed by atoms with van der Waals surface area (Å²) in [7, 11) is -0.243. The van der Waals surface area contributed by atoms with Crippen LogP contribution >= 0.6 is 11.3 Å². The number of rotatable bonds is 11. The lowest BCUT2D eigenvalue weighted by atomic mass is 9.93. The number of alkyl halides is 1. The van der Waals surface area contributed by atoms with E-state index in [2.05, 4.69) is 20.6 Å². The molecule has 3 aliphatic carbocycles. The number of hydrogen-bond acceptors (Lipinski definition) is 9. The van der Waals surface area contributed by atoms with E-state index in [1.54, 1.807) is 31.2 Å². The molecule has 3 aromatic rings. The van der Waals surface area contributed by atoms with Crippen LogP contribution in [0, 0.1) is 11.8 Å². The van der Waals surface area contributed by atoms with Gasteiger partial charge in [-0.1, -0.05) is 12.8 Å². The zero-order valence-electron chi connectivity index (χ0n) is 21.4. The van der Waals surface area contributed by atoms with E-state index in [-0.39, 0.29) is 30.4 Å². The smallest absolute Gasteiger partial charge is 0.234 e. The lowest BCUT2D eigenvalue weighted by Gasteiger charge is -2.25. The van der Waals surface area contributed by atoms with Crippen LogP contribution in [0.2, 0.25) is 0 Å². The summed E-state index contributed by atoms with van der Waals surface area (Å²) >= 11 is 1.42. The van der Waals surface area contributed by atoms with Gasteiger partial charge in [0.15, 0.2) is 9.84 Å². The molecule has 0 saturated heterocycles. The molecule has 204 valence electrons. The van der Waals surface area contributed by atoms with Crippen molar-refractivity contribution in [1.82, 2.24) is 24.5 Å². The molecular weight excluding hydrogens is 531 g/mol. The maximum atomic E-state index is 13.7. The highest BCUT2D eigenvalue weighted by atomic mass is 32.2. The minimum Gasteiger partial charge on any atom is -0.480 e. The first-order chi connectivity index (χ1) is 18.2. The van der Waals surface area contributed by atoms with Crippen LogP contribution in [-0.2, 0) is 40.9 Å². The Labute approximate surface area is 224 Å². The molecule has 0 bridgehead atoms. The van der Waals surface area contributed by atoms with E-state index in [1.807, 2.05) is 4.57 Å². The fraction of sp³-hybridized carbons (Fsp3) is 0.600. The van der Waals surface area contributed by atoms with Crippen molar-refractivity contribution in [3.63, 3.8) is 0 Å². The number of ether oxygens (including phenoxy) is 1. The van der Waals surface area contributed by atoms with Gasteiger partial charge >= 0.3 is 0 Å². The number of methoxy groups -OCH3 is 1. The fourth-order valence-corrected chi connectivity index (χ4v) is 8.97. The van der Waals surface area contributed by atoms with E-state index in [4.69, 9.17) is 4.74 Å². The Balaban J connectivity index is 1.29. The molecule has 2 fully saturated rings. The lowest BCUT2D eigenvalue weighted by Crippen LogP contribution is -2.21. The first-order valence-corrected chi connectivity index (χ1v) is 15.5. The van der Waals surface area contributed by atoms with Crippen LogP contribution in [-0.4, -0.2) is 57.8 Å². The number of aryl methyl sites for hydroxylation is 2. The number of sulfone groups is 1. The number of anilines is 2. The van der Waals surface area contributed by atoms with Gasteiger partial charge in [-0.3, -0.25) is 9.36 Å². The van der Waals surface area contributed by atoms with Gasteiger partial charge in [0.1, 0.15) is 24.1 Å². The monoisotopic (exact) mass is 562 g/mol. The number of thiophene rings is 1. The Morgan fingerprint density at radius 2 is 2.11 bits per heavy atom. The molecule has 3 aromatic heterocycles. The second kappa shape index (κ2) is 9.74. The third-order valence-electron chi connectivity index (χ3n) is 7.79. The maximum absolute atomic E-state index is 13.7. The summed E-state index contributed by atoms with van der Waals surface area (Å²) in [5, 5.41) is 15.9. The number of Topliss-reactive ketones (excluding diaryl/α,β-unsaturated/α-hetero) is 1. The van der Waals surface area contributed by atoms with Gasteiger partial charge < -0.3 is 10.1 Å². The standard InChI is InChI=1S/C25H31FN6O4S2/c1-31-22(12-23(30-31)36-2)28-25-29-27-13-32(25)15-5-6-20-17(9-15)24(38(34,35)8-7-14-3-4-14)21(37-20)11-19(33)16-10-18(16)26/h12-16,18H,3-11H2,1-2H3,(H,28,29)/t15-,16-,18-/m0/s1. The minimum atomic E-state index is -3.58. The van der Waals surface area contributed by atoms with Crippen molar-refractivity contribution in [2.24, 2.45) is 18.9 Å². The number of carbonyl (C=O) groups is 1. The summed E-state index contributed by atoms with van der Waals surface area (Å²) in [6, 6.07) is 1.69. The average Bonchev–Trinajstić information content (AvgIpc) is 3.72. The number of halogens is 1. The summed E-state index contributed by atoms with van der Waals surface area (Å²) < 4.78 is 49.7. The molecular formula is C25H31FN6O4S2. The number of hydrogen-bond donors (Lipinski definition) is 1. The largest absolute Gasteiger partial charge is 0.480 e. The van der Waals surface area contributed by atoms with E-state index >= 15 is 0 Å². The molecule has 0 unspecified atom stereocenters. The van der Waals surface area contributed by atoms with E-state index in [1.165, 1.54) is 11.3 Å². The second-order valence-corrected chi connectivity index (χ2v) is 13.8. The molecule has 3 heterocycles. The topological polar surface area (TPSA) is 121 Å². The van der Waals surface area contributed by atoms with Crippen molar-refractivity contribution >= 4 is 38.7 Å². The van der Waals surface area contributed by atoms with Gasteiger partial charge in [-0.05, 0) is 43.6 Å². The van der Waals surface area contributed by atoms with Gasteiger partial charge in [-0.25, -0.2) is 17.5 Å². The summed E-state index contributed by atoms with van der Waals surface area (Å²) in [6.45, 7) is 0. The molecule has 0 radical (unpaired) electrons. The molecule has 38 heavy (non-hydrogen) atoms. The molecule has 10 nitrogen and oxygen atoms in total. The van der Waals surface area contributed by atoms with Crippen molar-refractivity contribution in [2.75, 3.05) is 18.2 Å². The van der Waals surface area contributed by atoms with Gasteiger partial charge in [0.25, 0.3) is 0 Å². The van der Waals surface area contributed by atoms with Gasteiger partial charge in [0, 0.05) is 35.3 Å². The molecule has 1 N–H and O–H groups in total. The van der Waals surface area contributed by atoms with Crippen LogP contribution in [0.5, 0.6) is 5.88 Å². The van der Waals surface area contributed by atoms with E-state index < -0.39 is 21.9 Å². The summed E-state index contributed by atoms with van der Waals surface area (Å²) in [4.78, 5) is 14.6. The van der Waals surface area contributed by atoms with Crippen LogP contribution in [0.25, 0.3) is 0 Å². The Hall–Kier alpha value is -2.80. The highest BCUT2D eigenvalue weighted by Crippen LogP contribution is 2.44. The first kappa shape index (κ1) is 25.5. The van der Waals surface area contributed by atoms with Gasteiger partial charge in [0.05, 0.1) is 23.7 Å². The van der Waals surface area contributed by atoms with E-state index in [0.717, 1.165) is 29.7 Å². The molecule has 6 rings (SSSR count). The van der Waals surface area contributed by atoms with Crippen LogP contribution < -0.4 is 10.1 Å². The minimum absolute atomic E-state index is 0.00678. The van der Waals surface area contributed by atoms with E-state index in [0.29, 0.717) is 52.6 Å². The molecule has 13 heteroatoms. The van der Waals surface area contributed by atoms with Crippen molar-refractivity contribution in [1.29, 1.82) is 0 Å². The first-order valence-electron chi connectivity index (χ1n) is 13.0. The predicted molar refractivity (Wildman–Crippen MR) is 140 cm³/mol. The Kier molecular flexibility index (Phi) is 6.53.